The maximum Gasteiger partial charge on any atom is 0.239 e. The lowest BCUT2D eigenvalue weighted by atomic mass is 9.54. The molecule has 5 nitrogen and oxygen atoms in total. The largest absolute Gasteiger partial charge is 0.367 e. The van der Waals surface area contributed by atoms with Crippen LogP contribution in [0.4, 0.5) is 5.95 Å². The molecule has 0 amide bonds. The number of rotatable bonds is 3. The molecule has 4 aliphatic rings. The second-order valence-corrected chi connectivity index (χ2v) is 6.53. The number of hydrogen-bond acceptors (Lipinski definition) is 4. The van der Waals surface area contributed by atoms with Crippen LogP contribution in [0.1, 0.15) is 44.3 Å². The summed E-state index contributed by atoms with van der Waals surface area (Å²) in [6.45, 7) is 0.524. The molecule has 4 aliphatic carbocycles. The molecule has 0 unspecified atom stereocenters. The highest BCUT2D eigenvalue weighted by Crippen LogP contribution is 2.57. The summed E-state index contributed by atoms with van der Waals surface area (Å²) in [5.41, 5.74) is 5.64. The molecule has 0 aliphatic heterocycles. The summed E-state index contributed by atoms with van der Waals surface area (Å²) in [4.78, 5) is 4.11. The third-order valence-electron chi connectivity index (χ3n) is 5.05. The predicted octanol–water partition coefficient (Wildman–Crippen LogP) is 1.87. The van der Waals surface area contributed by atoms with Crippen LogP contribution in [0, 0.1) is 17.8 Å². The van der Waals surface area contributed by atoms with Crippen molar-refractivity contribution in [3.63, 3.8) is 0 Å². The van der Waals surface area contributed by atoms with E-state index in [1.54, 1.807) is 0 Å². The monoisotopic (exact) mass is 248 g/mol. The molecule has 4 bridgehead atoms. The number of nitrogens with two attached hydrogens (primary N) is 1. The average Bonchev–Trinajstić information content (AvgIpc) is 2.71. The molecule has 1 aromatic rings. The smallest absolute Gasteiger partial charge is 0.239 e. The van der Waals surface area contributed by atoms with Crippen molar-refractivity contribution in [1.82, 2.24) is 15.2 Å². The second-order valence-electron chi connectivity index (χ2n) is 6.53. The Labute approximate surface area is 106 Å². The summed E-state index contributed by atoms with van der Waals surface area (Å²) in [5.74, 6) is 3.80. The Balaban J connectivity index is 1.47. The molecular formula is C13H20N4O. The Morgan fingerprint density at radius 3 is 2.28 bits per heavy atom. The zero-order chi connectivity index (χ0) is 12.2. The molecule has 5 heteroatoms. The van der Waals surface area contributed by atoms with E-state index in [0.29, 0.717) is 12.6 Å². The first-order valence-corrected chi connectivity index (χ1v) is 7.01. The maximum absolute atomic E-state index is 6.25. The average molecular weight is 248 g/mol. The van der Waals surface area contributed by atoms with Crippen LogP contribution in [0.5, 0.6) is 0 Å². The summed E-state index contributed by atoms with van der Waals surface area (Å²) < 4.78 is 6.25. The lowest BCUT2D eigenvalue weighted by Crippen LogP contribution is -2.51. The van der Waals surface area contributed by atoms with Gasteiger partial charge < -0.3 is 10.5 Å². The summed E-state index contributed by atoms with van der Waals surface area (Å²) in [5, 5.41) is 6.67. The van der Waals surface area contributed by atoms with Crippen LogP contribution >= 0.6 is 0 Å². The van der Waals surface area contributed by atoms with Crippen molar-refractivity contribution in [3.8, 4) is 0 Å². The normalized spacial score (nSPS) is 41.4. The van der Waals surface area contributed by atoms with Gasteiger partial charge in [-0.15, -0.1) is 5.10 Å². The van der Waals surface area contributed by atoms with Crippen molar-refractivity contribution >= 4 is 5.95 Å². The first-order chi connectivity index (χ1) is 8.71. The highest BCUT2D eigenvalue weighted by Gasteiger charge is 2.51. The first-order valence-electron chi connectivity index (χ1n) is 7.01. The van der Waals surface area contributed by atoms with Gasteiger partial charge in [0.25, 0.3) is 0 Å². The standard InChI is InChI=1S/C13H20N4O/c14-12-15-11(16-17-12)7-18-13-4-8-1-9(5-13)3-10(2-8)6-13/h8-10H,1-7H2,(H3,14,15,16,17). The second kappa shape index (κ2) is 3.70. The molecule has 1 aromatic heterocycles. The third kappa shape index (κ3) is 1.72. The summed E-state index contributed by atoms with van der Waals surface area (Å²) in [6, 6.07) is 0. The van der Waals surface area contributed by atoms with Crippen molar-refractivity contribution in [1.29, 1.82) is 0 Å². The van der Waals surface area contributed by atoms with E-state index in [1.165, 1.54) is 38.5 Å². The van der Waals surface area contributed by atoms with Gasteiger partial charge in [-0.1, -0.05) is 0 Å². The molecule has 0 aromatic carbocycles. The van der Waals surface area contributed by atoms with E-state index in [4.69, 9.17) is 10.5 Å². The number of ether oxygens (including phenoxy) is 1. The number of nitrogens with zero attached hydrogens (tertiary/aromatic N) is 2. The number of aromatic nitrogens is 3. The Morgan fingerprint density at radius 2 is 1.78 bits per heavy atom. The minimum atomic E-state index is 0.135. The predicted molar refractivity (Wildman–Crippen MR) is 66.5 cm³/mol. The van der Waals surface area contributed by atoms with E-state index in [-0.39, 0.29) is 5.60 Å². The first kappa shape index (κ1) is 10.8. The molecule has 3 N–H and O–H groups in total. The van der Waals surface area contributed by atoms with Crippen LogP contribution in [0.25, 0.3) is 0 Å². The molecule has 0 atom stereocenters. The van der Waals surface area contributed by atoms with Crippen LogP contribution < -0.4 is 5.73 Å². The number of hydrogen-bond donors (Lipinski definition) is 2. The van der Waals surface area contributed by atoms with Gasteiger partial charge in [0.2, 0.25) is 5.95 Å². The van der Waals surface area contributed by atoms with Gasteiger partial charge in [0.05, 0.1) is 5.60 Å². The van der Waals surface area contributed by atoms with Crippen molar-refractivity contribution in [2.45, 2.75) is 50.7 Å². The Hall–Kier alpha value is -1.10. The topological polar surface area (TPSA) is 76.8 Å². The zero-order valence-electron chi connectivity index (χ0n) is 10.6. The Kier molecular flexibility index (Phi) is 2.22. The number of nitrogen functional groups attached to an aromatic ring is 1. The highest BCUT2D eigenvalue weighted by molar-refractivity contribution is 5.12. The number of H-pyrrole nitrogens is 1. The van der Waals surface area contributed by atoms with Crippen LogP contribution in [0.15, 0.2) is 0 Å². The molecule has 1 heterocycles. The van der Waals surface area contributed by atoms with Gasteiger partial charge in [-0.25, -0.2) is 0 Å². The molecule has 0 spiro atoms. The minimum absolute atomic E-state index is 0.135. The molecule has 0 radical (unpaired) electrons. The van der Waals surface area contributed by atoms with E-state index in [1.807, 2.05) is 0 Å². The van der Waals surface area contributed by atoms with Gasteiger partial charge in [-0.3, -0.25) is 5.10 Å². The highest BCUT2D eigenvalue weighted by atomic mass is 16.5. The SMILES string of the molecule is Nc1n[nH]c(COC23CC4CC(CC(C4)C2)C3)n1. The van der Waals surface area contributed by atoms with Gasteiger partial charge in [-0.05, 0) is 56.3 Å². The molecular weight excluding hydrogens is 228 g/mol. The van der Waals surface area contributed by atoms with E-state index in [0.717, 1.165) is 23.6 Å². The molecule has 18 heavy (non-hydrogen) atoms. The number of anilines is 1. The molecule has 4 fully saturated rings. The fraction of sp³-hybridized carbons (Fsp3) is 0.846. The summed E-state index contributed by atoms with van der Waals surface area (Å²) in [6.07, 6.45) is 8.08. The number of aromatic amines is 1. The van der Waals surface area contributed by atoms with E-state index in [2.05, 4.69) is 15.2 Å². The molecule has 4 saturated carbocycles. The minimum Gasteiger partial charge on any atom is -0.367 e. The van der Waals surface area contributed by atoms with Gasteiger partial charge in [-0.2, -0.15) is 4.98 Å². The Bertz CT molecular complexity index is 420. The lowest BCUT2D eigenvalue weighted by Gasteiger charge is -2.56. The van der Waals surface area contributed by atoms with Crippen LogP contribution in [0.2, 0.25) is 0 Å². The molecule has 0 saturated heterocycles. The zero-order valence-corrected chi connectivity index (χ0v) is 10.6. The van der Waals surface area contributed by atoms with E-state index < -0.39 is 0 Å². The van der Waals surface area contributed by atoms with Gasteiger partial charge in [0, 0.05) is 0 Å². The van der Waals surface area contributed by atoms with Crippen molar-refractivity contribution in [2.75, 3.05) is 5.73 Å². The fourth-order valence-electron chi connectivity index (χ4n) is 4.80. The van der Waals surface area contributed by atoms with E-state index in [9.17, 15) is 0 Å². The van der Waals surface area contributed by atoms with E-state index >= 15 is 0 Å². The van der Waals surface area contributed by atoms with Crippen molar-refractivity contribution < 1.29 is 4.74 Å². The summed E-state index contributed by atoms with van der Waals surface area (Å²) in [7, 11) is 0. The van der Waals surface area contributed by atoms with Crippen LogP contribution in [-0.2, 0) is 11.3 Å². The third-order valence-corrected chi connectivity index (χ3v) is 5.05. The molecule has 98 valence electrons. The van der Waals surface area contributed by atoms with Gasteiger partial charge in [0.15, 0.2) is 5.82 Å². The maximum atomic E-state index is 6.25. The van der Waals surface area contributed by atoms with Crippen molar-refractivity contribution in [3.05, 3.63) is 5.82 Å². The van der Waals surface area contributed by atoms with Gasteiger partial charge in [0.1, 0.15) is 6.61 Å². The quantitative estimate of drug-likeness (QED) is 0.856. The summed E-state index contributed by atoms with van der Waals surface area (Å²) >= 11 is 0. The van der Waals surface area contributed by atoms with Crippen LogP contribution in [-0.4, -0.2) is 20.8 Å². The fourth-order valence-corrected chi connectivity index (χ4v) is 4.80. The molecule has 5 rings (SSSR count). The van der Waals surface area contributed by atoms with Gasteiger partial charge >= 0.3 is 0 Å². The Morgan fingerprint density at radius 1 is 1.17 bits per heavy atom. The lowest BCUT2D eigenvalue weighted by molar-refractivity contribution is -0.169. The van der Waals surface area contributed by atoms with Crippen molar-refractivity contribution in [2.24, 2.45) is 17.8 Å². The number of nitrogens with one attached hydrogen (secondary N) is 1. The van der Waals surface area contributed by atoms with Crippen LogP contribution in [0.3, 0.4) is 0 Å².